The molecule has 4 rings (SSSR count). The highest BCUT2D eigenvalue weighted by molar-refractivity contribution is 7.85. The van der Waals surface area contributed by atoms with E-state index in [1.165, 1.54) is 11.2 Å². The summed E-state index contributed by atoms with van der Waals surface area (Å²) in [5.41, 5.74) is 1.03. The molecule has 0 radical (unpaired) electrons. The Morgan fingerprint density at radius 1 is 1.00 bits per heavy atom. The monoisotopic (exact) mass is 436 g/mol. The number of hydrogen-bond acceptors (Lipinski definition) is 11. The van der Waals surface area contributed by atoms with Crippen LogP contribution in [-0.2, 0) is 10.8 Å². The van der Waals surface area contributed by atoms with Crippen molar-refractivity contribution in [3.8, 4) is 0 Å². The molecule has 2 fully saturated rings. The lowest BCUT2D eigenvalue weighted by molar-refractivity contribution is 0.104. The summed E-state index contributed by atoms with van der Waals surface area (Å²) in [7, 11) is -0.813. The van der Waals surface area contributed by atoms with Crippen molar-refractivity contribution in [1.82, 2.24) is 25.3 Å². The minimum Gasteiger partial charge on any atom is -0.374 e. The molecule has 2 unspecified atom stereocenters. The van der Waals surface area contributed by atoms with E-state index in [1.807, 2.05) is 0 Å². The van der Waals surface area contributed by atoms with Crippen molar-refractivity contribution >= 4 is 39.4 Å². The number of anilines is 3. The second kappa shape index (κ2) is 8.92. The summed E-state index contributed by atoms with van der Waals surface area (Å²) in [4.78, 5) is 24.0. The number of aromatic nitrogens is 4. The summed E-state index contributed by atoms with van der Waals surface area (Å²) >= 11 is 0. The molecule has 2 aliphatic rings. The lowest BCUT2D eigenvalue weighted by atomic mass is 10.3. The van der Waals surface area contributed by atoms with Gasteiger partial charge in [-0.05, 0) is 13.8 Å². The highest BCUT2D eigenvalue weighted by Crippen LogP contribution is 2.31. The van der Waals surface area contributed by atoms with E-state index in [0.29, 0.717) is 53.2 Å². The molecule has 2 saturated heterocycles. The Labute approximate surface area is 177 Å². The van der Waals surface area contributed by atoms with E-state index in [4.69, 9.17) is 9.97 Å². The number of nitrogens with zero attached hydrogens (tertiary/aromatic N) is 7. The molecule has 164 valence electrons. The van der Waals surface area contributed by atoms with Crippen molar-refractivity contribution in [2.75, 3.05) is 65.5 Å². The Kier molecular flexibility index (Phi) is 6.27. The van der Waals surface area contributed by atoms with Gasteiger partial charge in [-0.25, -0.2) is 15.0 Å². The average molecular weight is 437 g/mol. The van der Waals surface area contributed by atoms with Gasteiger partial charge in [0.2, 0.25) is 5.95 Å². The summed E-state index contributed by atoms with van der Waals surface area (Å²) in [6.45, 7) is 7.60. The van der Waals surface area contributed by atoms with Crippen LogP contribution >= 0.6 is 0 Å². The van der Waals surface area contributed by atoms with Crippen LogP contribution in [0.1, 0.15) is 13.8 Å². The summed E-state index contributed by atoms with van der Waals surface area (Å²) in [6, 6.07) is 0. The van der Waals surface area contributed by atoms with Crippen LogP contribution in [0.15, 0.2) is 6.33 Å². The van der Waals surface area contributed by atoms with E-state index in [-0.39, 0.29) is 0 Å². The van der Waals surface area contributed by atoms with Crippen LogP contribution in [0.4, 0.5) is 17.6 Å². The highest BCUT2D eigenvalue weighted by atomic mass is 32.2. The quantitative estimate of drug-likeness (QED) is 0.493. The van der Waals surface area contributed by atoms with Gasteiger partial charge in [-0.2, -0.15) is 4.98 Å². The van der Waals surface area contributed by atoms with Crippen LogP contribution in [0.2, 0.25) is 0 Å². The van der Waals surface area contributed by atoms with Crippen molar-refractivity contribution < 1.29 is 14.4 Å². The molecule has 0 amide bonds. The fraction of sp³-hybridized carbons (Fsp3) is 0.667. The van der Waals surface area contributed by atoms with Gasteiger partial charge in [0.1, 0.15) is 29.8 Å². The van der Waals surface area contributed by atoms with Crippen LogP contribution in [0.3, 0.4) is 0 Å². The second-order valence-electron chi connectivity index (χ2n) is 7.48. The molecule has 0 aromatic carbocycles. The minimum absolute atomic E-state index is 0.352. The minimum atomic E-state index is -0.971. The molecule has 4 heterocycles. The average Bonchev–Trinajstić information content (AvgIpc) is 2.74. The number of rotatable bonds is 5. The van der Waals surface area contributed by atoms with Crippen LogP contribution in [0.5, 0.6) is 0 Å². The Balaban J connectivity index is 1.88. The van der Waals surface area contributed by atoms with Gasteiger partial charge in [0, 0.05) is 61.6 Å². The number of fused-ring (bicyclic) bond motifs is 1. The van der Waals surface area contributed by atoms with Crippen molar-refractivity contribution in [1.29, 1.82) is 0 Å². The van der Waals surface area contributed by atoms with Crippen molar-refractivity contribution in [2.45, 2.75) is 26.3 Å². The molecule has 11 nitrogen and oxygen atoms in total. The molecule has 2 aromatic rings. The normalized spacial score (nSPS) is 20.4. The summed E-state index contributed by atoms with van der Waals surface area (Å²) < 4.78 is 11.9. The second-order valence-corrected chi connectivity index (χ2v) is 9.18. The molecule has 3 N–H and O–H groups in total. The van der Waals surface area contributed by atoms with Gasteiger partial charge in [0.25, 0.3) is 0 Å². The molecule has 0 bridgehead atoms. The van der Waals surface area contributed by atoms with Crippen molar-refractivity contribution in [2.24, 2.45) is 0 Å². The molecule has 2 aromatic heterocycles. The smallest absolute Gasteiger partial charge is 0.228 e. The predicted octanol–water partition coefficient (Wildman–Crippen LogP) is -1.12. The first-order chi connectivity index (χ1) is 14.5. The molecule has 30 heavy (non-hydrogen) atoms. The van der Waals surface area contributed by atoms with Crippen LogP contribution < -0.4 is 20.0 Å². The van der Waals surface area contributed by atoms with Gasteiger partial charge < -0.3 is 30.2 Å². The fourth-order valence-electron chi connectivity index (χ4n) is 3.84. The van der Waals surface area contributed by atoms with Gasteiger partial charge in [-0.15, -0.1) is 0 Å². The van der Waals surface area contributed by atoms with Crippen LogP contribution in [-0.4, -0.2) is 97.6 Å². The van der Waals surface area contributed by atoms with Gasteiger partial charge in [0.05, 0.1) is 0 Å². The molecule has 0 aliphatic carbocycles. The third-order valence-electron chi connectivity index (χ3n) is 5.36. The first-order valence-electron chi connectivity index (χ1n) is 10.2. The fourth-order valence-corrected chi connectivity index (χ4v) is 4.89. The van der Waals surface area contributed by atoms with Gasteiger partial charge in [-0.3, -0.25) is 4.21 Å². The third-order valence-corrected chi connectivity index (χ3v) is 6.64. The summed E-state index contributed by atoms with van der Waals surface area (Å²) in [6.07, 6.45) is -0.544. The van der Waals surface area contributed by atoms with Gasteiger partial charge in [-0.1, -0.05) is 0 Å². The first kappa shape index (κ1) is 21.1. The van der Waals surface area contributed by atoms with Crippen LogP contribution in [0.25, 0.3) is 11.0 Å². The third kappa shape index (κ3) is 4.17. The topological polar surface area (TPSA) is 131 Å². The summed E-state index contributed by atoms with van der Waals surface area (Å²) in [5, 5.41) is 23.8. The highest BCUT2D eigenvalue weighted by Gasteiger charge is 2.27. The van der Waals surface area contributed by atoms with E-state index < -0.39 is 23.3 Å². The Morgan fingerprint density at radius 3 is 2.30 bits per heavy atom. The molecule has 0 saturated carbocycles. The number of piperazine rings is 1. The number of hydrogen-bond donors (Lipinski definition) is 3. The lowest BCUT2D eigenvalue weighted by Crippen LogP contribution is -2.45. The number of aliphatic hydroxyl groups excluding tert-OH is 2. The van der Waals surface area contributed by atoms with E-state index in [0.717, 1.165) is 26.2 Å². The summed E-state index contributed by atoms with van der Waals surface area (Å²) in [5.74, 6) is 2.76. The van der Waals surface area contributed by atoms with E-state index in [9.17, 15) is 14.4 Å². The van der Waals surface area contributed by atoms with E-state index in [1.54, 1.807) is 13.8 Å². The zero-order valence-electron chi connectivity index (χ0n) is 17.2. The molecular weight excluding hydrogens is 408 g/mol. The molecular formula is C18H28N8O3S. The molecule has 12 heteroatoms. The van der Waals surface area contributed by atoms with E-state index >= 15 is 0 Å². The lowest BCUT2D eigenvalue weighted by Gasteiger charge is -2.33. The largest absolute Gasteiger partial charge is 0.374 e. The number of nitrogens with one attached hydrogen (secondary N) is 1. The molecule has 2 atom stereocenters. The number of aliphatic hydroxyl groups is 2. The maximum Gasteiger partial charge on any atom is 0.228 e. The zero-order valence-corrected chi connectivity index (χ0v) is 18.0. The SMILES string of the molecule is CC(O)N(c1ncnc2c(N3CCS(=O)CC3)nc(N3CCNCC3)nc12)C(C)O. The van der Waals surface area contributed by atoms with Crippen LogP contribution in [0, 0.1) is 0 Å². The molecule has 2 aliphatic heterocycles. The van der Waals surface area contributed by atoms with Crippen molar-refractivity contribution in [3.05, 3.63) is 6.33 Å². The van der Waals surface area contributed by atoms with E-state index in [2.05, 4.69) is 25.1 Å². The predicted molar refractivity (Wildman–Crippen MR) is 116 cm³/mol. The first-order valence-corrected chi connectivity index (χ1v) is 11.7. The zero-order chi connectivity index (χ0) is 21.3. The maximum absolute atomic E-state index is 11.9. The molecule has 0 spiro atoms. The van der Waals surface area contributed by atoms with Crippen molar-refractivity contribution in [3.63, 3.8) is 0 Å². The van der Waals surface area contributed by atoms with Gasteiger partial charge in [0.15, 0.2) is 11.6 Å². The maximum atomic E-state index is 11.9. The van der Waals surface area contributed by atoms with Gasteiger partial charge >= 0.3 is 0 Å². The Hall–Kier alpha value is -2.15. The standard InChI is InChI=1S/C18H28N8O3S/c1-12(27)26(13(2)28)16-15-14(20-11-21-16)17(24-7-9-30(29)10-8-24)23-18(22-15)25-5-3-19-4-6-25/h11-13,19,27-28H,3-10H2,1-2H3. The Bertz CT molecular complexity index is 904. The Morgan fingerprint density at radius 2 is 1.67 bits per heavy atom.